The van der Waals surface area contributed by atoms with Crippen molar-refractivity contribution in [3.05, 3.63) is 22.7 Å². The second kappa shape index (κ2) is 7.46. The third-order valence-electron chi connectivity index (χ3n) is 2.46. The Balaban J connectivity index is 2.66. The minimum Gasteiger partial charge on any atom is -0.503 e. The van der Waals surface area contributed by atoms with E-state index >= 15 is 0 Å². The molecule has 0 saturated heterocycles. The molecule has 0 saturated carbocycles. The summed E-state index contributed by atoms with van der Waals surface area (Å²) >= 11 is 11.5. The Morgan fingerprint density at radius 3 is 2.79 bits per heavy atom. The van der Waals surface area contributed by atoms with Crippen molar-refractivity contribution in [2.75, 3.05) is 13.2 Å². The Kier molecular flexibility index (Phi) is 6.25. The number of hydrogen-bond donors (Lipinski definition) is 2. The Bertz CT molecular complexity index is 450. The summed E-state index contributed by atoms with van der Waals surface area (Å²) < 4.78 is 5.28. The molecular formula is C13H17Cl2NO3. The van der Waals surface area contributed by atoms with Crippen LogP contribution in [0.5, 0.6) is 11.5 Å². The van der Waals surface area contributed by atoms with Gasteiger partial charge in [0, 0.05) is 6.54 Å². The van der Waals surface area contributed by atoms with Crippen LogP contribution in [0.2, 0.25) is 5.02 Å². The molecule has 19 heavy (non-hydrogen) atoms. The van der Waals surface area contributed by atoms with E-state index in [0.717, 1.165) is 5.56 Å². The molecule has 1 unspecified atom stereocenters. The summed E-state index contributed by atoms with van der Waals surface area (Å²) in [7, 11) is 0. The van der Waals surface area contributed by atoms with E-state index in [9.17, 15) is 9.90 Å². The molecule has 2 N–H and O–H groups in total. The highest BCUT2D eigenvalue weighted by Crippen LogP contribution is 2.35. The van der Waals surface area contributed by atoms with Crippen LogP contribution in [0.1, 0.15) is 19.4 Å². The van der Waals surface area contributed by atoms with Gasteiger partial charge in [-0.1, -0.05) is 11.6 Å². The molecule has 0 fully saturated rings. The molecule has 0 aliphatic rings. The Morgan fingerprint density at radius 1 is 1.53 bits per heavy atom. The average molecular weight is 306 g/mol. The van der Waals surface area contributed by atoms with Crippen molar-refractivity contribution in [2.24, 2.45) is 0 Å². The van der Waals surface area contributed by atoms with Gasteiger partial charge in [-0.2, -0.15) is 0 Å². The monoisotopic (exact) mass is 305 g/mol. The van der Waals surface area contributed by atoms with E-state index in [2.05, 4.69) is 5.32 Å². The zero-order valence-corrected chi connectivity index (χ0v) is 12.4. The van der Waals surface area contributed by atoms with Crippen molar-refractivity contribution in [3.8, 4) is 11.5 Å². The van der Waals surface area contributed by atoms with E-state index in [1.807, 2.05) is 6.92 Å². The number of halogens is 2. The fraction of sp³-hybridized carbons (Fsp3) is 0.462. The van der Waals surface area contributed by atoms with Crippen molar-refractivity contribution in [3.63, 3.8) is 0 Å². The lowest BCUT2D eigenvalue weighted by molar-refractivity contribution is -0.120. The standard InChI is InChI=1S/C13H17Cl2NO3/c1-3-19-11-7-9(6-10(15)12(11)17)4-5-16-13(18)8(2)14/h6-8,17H,3-5H2,1-2H3,(H,16,18). The highest BCUT2D eigenvalue weighted by molar-refractivity contribution is 6.32. The van der Waals surface area contributed by atoms with Crippen LogP contribution in [0.25, 0.3) is 0 Å². The fourth-order valence-corrected chi connectivity index (χ4v) is 1.82. The molecule has 0 radical (unpaired) electrons. The van der Waals surface area contributed by atoms with Gasteiger partial charge in [0.25, 0.3) is 0 Å². The van der Waals surface area contributed by atoms with Crippen LogP contribution in [-0.4, -0.2) is 29.5 Å². The lowest BCUT2D eigenvalue weighted by Crippen LogP contribution is -2.31. The molecule has 0 heterocycles. The maximum absolute atomic E-state index is 11.3. The van der Waals surface area contributed by atoms with Gasteiger partial charge >= 0.3 is 0 Å². The highest BCUT2D eigenvalue weighted by Gasteiger charge is 2.11. The Hall–Kier alpha value is -1.13. The number of carbonyl (C=O) groups excluding carboxylic acids is 1. The minimum atomic E-state index is -0.553. The maximum Gasteiger partial charge on any atom is 0.237 e. The molecule has 1 amide bonds. The molecule has 106 valence electrons. The largest absolute Gasteiger partial charge is 0.503 e. The topological polar surface area (TPSA) is 58.6 Å². The van der Waals surface area contributed by atoms with E-state index in [1.165, 1.54) is 0 Å². The summed E-state index contributed by atoms with van der Waals surface area (Å²) in [6.07, 6.45) is 0.579. The molecule has 0 aliphatic carbocycles. The quantitative estimate of drug-likeness (QED) is 0.795. The molecular weight excluding hydrogens is 289 g/mol. The summed E-state index contributed by atoms with van der Waals surface area (Å²) in [5.74, 6) is 0.0734. The van der Waals surface area contributed by atoms with Crippen LogP contribution in [0.15, 0.2) is 12.1 Å². The van der Waals surface area contributed by atoms with E-state index < -0.39 is 5.38 Å². The first-order valence-electron chi connectivity index (χ1n) is 6.01. The summed E-state index contributed by atoms with van der Waals surface area (Å²) in [4.78, 5) is 11.3. The van der Waals surface area contributed by atoms with Crippen molar-refractivity contribution >= 4 is 29.1 Å². The van der Waals surface area contributed by atoms with Crippen LogP contribution in [0.4, 0.5) is 0 Å². The zero-order valence-electron chi connectivity index (χ0n) is 10.9. The Morgan fingerprint density at radius 2 is 2.21 bits per heavy atom. The van der Waals surface area contributed by atoms with Crippen LogP contribution in [0.3, 0.4) is 0 Å². The molecule has 1 aromatic carbocycles. The van der Waals surface area contributed by atoms with Gasteiger partial charge in [-0.25, -0.2) is 0 Å². The third kappa shape index (κ3) is 4.80. The second-order valence-corrected chi connectivity index (χ2v) is 5.08. The molecule has 6 heteroatoms. The number of hydrogen-bond acceptors (Lipinski definition) is 3. The average Bonchev–Trinajstić information content (AvgIpc) is 2.35. The van der Waals surface area contributed by atoms with Crippen LogP contribution >= 0.6 is 23.2 Å². The van der Waals surface area contributed by atoms with Crippen LogP contribution in [-0.2, 0) is 11.2 Å². The van der Waals surface area contributed by atoms with Crippen molar-refractivity contribution < 1.29 is 14.6 Å². The van der Waals surface area contributed by atoms with E-state index in [-0.39, 0.29) is 16.7 Å². The molecule has 1 atom stereocenters. The number of ether oxygens (including phenoxy) is 1. The lowest BCUT2D eigenvalue weighted by atomic mass is 10.1. The van der Waals surface area contributed by atoms with Gasteiger partial charge in [-0.15, -0.1) is 11.6 Å². The summed E-state index contributed by atoms with van der Waals surface area (Å²) in [6, 6.07) is 3.36. The van der Waals surface area contributed by atoms with Crippen LogP contribution in [0, 0.1) is 0 Å². The number of amides is 1. The minimum absolute atomic E-state index is 0.0642. The first-order chi connectivity index (χ1) is 8.95. The van der Waals surface area contributed by atoms with Crippen molar-refractivity contribution in [2.45, 2.75) is 25.6 Å². The van der Waals surface area contributed by atoms with Gasteiger partial charge in [0.2, 0.25) is 5.91 Å². The molecule has 0 aromatic heterocycles. The number of benzene rings is 1. The molecule has 0 spiro atoms. The molecule has 1 aromatic rings. The molecule has 1 rings (SSSR count). The zero-order chi connectivity index (χ0) is 14.4. The normalized spacial score (nSPS) is 12.0. The van der Waals surface area contributed by atoms with Crippen molar-refractivity contribution in [1.29, 1.82) is 0 Å². The molecule has 0 bridgehead atoms. The van der Waals surface area contributed by atoms with Gasteiger partial charge in [-0.3, -0.25) is 4.79 Å². The molecule has 0 aliphatic heterocycles. The van der Waals surface area contributed by atoms with Gasteiger partial charge < -0.3 is 15.2 Å². The van der Waals surface area contributed by atoms with E-state index in [1.54, 1.807) is 19.1 Å². The number of carbonyl (C=O) groups is 1. The number of phenolic OH excluding ortho intramolecular Hbond substituents is 1. The van der Waals surface area contributed by atoms with Crippen LogP contribution < -0.4 is 10.1 Å². The summed E-state index contributed by atoms with van der Waals surface area (Å²) in [5, 5.41) is 12.1. The van der Waals surface area contributed by atoms with E-state index in [0.29, 0.717) is 25.3 Å². The smallest absolute Gasteiger partial charge is 0.237 e. The predicted octanol–water partition coefficient (Wildman–Crippen LogP) is 2.73. The maximum atomic E-state index is 11.3. The summed E-state index contributed by atoms with van der Waals surface area (Å²) in [5.41, 5.74) is 0.869. The van der Waals surface area contributed by atoms with Gasteiger partial charge in [0.1, 0.15) is 5.38 Å². The Labute approximate surface area is 122 Å². The number of nitrogens with one attached hydrogen (secondary N) is 1. The SMILES string of the molecule is CCOc1cc(CCNC(=O)C(C)Cl)cc(Cl)c1O. The first kappa shape index (κ1) is 15.9. The first-order valence-corrected chi connectivity index (χ1v) is 6.83. The fourth-order valence-electron chi connectivity index (χ4n) is 1.51. The van der Waals surface area contributed by atoms with Gasteiger partial charge in [0.05, 0.1) is 11.6 Å². The van der Waals surface area contributed by atoms with Crippen molar-refractivity contribution in [1.82, 2.24) is 5.32 Å². The predicted molar refractivity (Wildman–Crippen MR) is 76.3 cm³/mol. The second-order valence-electron chi connectivity index (χ2n) is 4.01. The summed E-state index contributed by atoms with van der Waals surface area (Å²) in [6.45, 7) is 4.32. The van der Waals surface area contributed by atoms with Gasteiger partial charge in [-0.05, 0) is 38.0 Å². The lowest BCUT2D eigenvalue weighted by Gasteiger charge is -2.11. The number of rotatable bonds is 6. The number of aromatic hydroxyl groups is 1. The molecule has 4 nitrogen and oxygen atoms in total. The highest BCUT2D eigenvalue weighted by atomic mass is 35.5. The van der Waals surface area contributed by atoms with Gasteiger partial charge in [0.15, 0.2) is 11.5 Å². The number of alkyl halides is 1. The third-order valence-corrected chi connectivity index (χ3v) is 2.95. The number of phenols is 1. The van der Waals surface area contributed by atoms with E-state index in [4.69, 9.17) is 27.9 Å².